The van der Waals surface area contributed by atoms with Gasteiger partial charge in [0.05, 0.1) is 23.6 Å². The standard InChI is InChI=1S/C17H15ClFNO/c18-16-5-1-2-6-17(16)21-11-3-4-14(12-20)13-7-9-15(19)10-8-13/h1-2,5-10,14H,3-4,11H2. The van der Waals surface area contributed by atoms with E-state index < -0.39 is 0 Å². The average Bonchev–Trinajstić information content (AvgIpc) is 2.50. The van der Waals surface area contributed by atoms with Gasteiger partial charge in [0.25, 0.3) is 0 Å². The highest BCUT2D eigenvalue weighted by Gasteiger charge is 2.10. The summed E-state index contributed by atoms with van der Waals surface area (Å²) in [5.74, 6) is 0.104. The van der Waals surface area contributed by atoms with Crippen molar-refractivity contribution in [2.75, 3.05) is 6.61 Å². The van der Waals surface area contributed by atoms with Gasteiger partial charge >= 0.3 is 0 Å². The fourth-order valence-electron chi connectivity index (χ4n) is 2.03. The molecule has 108 valence electrons. The topological polar surface area (TPSA) is 33.0 Å². The van der Waals surface area contributed by atoms with Gasteiger partial charge in [-0.3, -0.25) is 0 Å². The predicted octanol–water partition coefficient (Wildman–Crippen LogP) is 4.95. The maximum atomic E-state index is 12.9. The quantitative estimate of drug-likeness (QED) is 0.708. The van der Waals surface area contributed by atoms with Crippen LogP contribution < -0.4 is 4.74 Å². The number of rotatable bonds is 6. The molecular formula is C17H15ClFNO. The fraction of sp³-hybridized carbons (Fsp3) is 0.235. The molecule has 0 aromatic heterocycles. The molecular weight excluding hydrogens is 289 g/mol. The molecule has 21 heavy (non-hydrogen) atoms. The van der Waals surface area contributed by atoms with Gasteiger partial charge in [0.15, 0.2) is 0 Å². The number of hydrogen-bond acceptors (Lipinski definition) is 2. The third kappa shape index (κ3) is 4.47. The van der Waals surface area contributed by atoms with Crippen molar-refractivity contribution in [3.8, 4) is 11.8 Å². The van der Waals surface area contributed by atoms with Crippen molar-refractivity contribution in [1.82, 2.24) is 0 Å². The van der Waals surface area contributed by atoms with Gasteiger partial charge in [0, 0.05) is 0 Å². The first-order valence-corrected chi connectivity index (χ1v) is 7.11. The largest absolute Gasteiger partial charge is 0.492 e. The molecule has 0 saturated carbocycles. The lowest BCUT2D eigenvalue weighted by atomic mass is 9.96. The highest BCUT2D eigenvalue weighted by molar-refractivity contribution is 6.32. The van der Waals surface area contributed by atoms with Crippen LogP contribution in [0, 0.1) is 17.1 Å². The SMILES string of the molecule is N#CC(CCCOc1ccccc1Cl)c1ccc(F)cc1. The van der Waals surface area contributed by atoms with E-state index in [2.05, 4.69) is 6.07 Å². The molecule has 0 bridgehead atoms. The molecule has 4 heteroatoms. The van der Waals surface area contributed by atoms with Gasteiger partial charge < -0.3 is 4.74 Å². The molecule has 0 fully saturated rings. The number of para-hydroxylation sites is 1. The Bertz CT molecular complexity index is 621. The predicted molar refractivity (Wildman–Crippen MR) is 80.9 cm³/mol. The zero-order valence-corrected chi connectivity index (χ0v) is 12.2. The number of benzene rings is 2. The second-order valence-electron chi connectivity index (χ2n) is 4.65. The molecule has 1 atom stereocenters. The number of hydrogen-bond donors (Lipinski definition) is 0. The molecule has 0 spiro atoms. The van der Waals surface area contributed by atoms with Crippen LogP contribution in [-0.4, -0.2) is 6.61 Å². The molecule has 0 aliphatic rings. The van der Waals surface area contributed by atoms with Gasteiger partial charge in [0.2, 0.25) is 0 Å². The molecule has 0 aliphatic heterocycles. The van der Waals surface area contributed by atoms with Crippen molar-refractivity contribution in [2.24, 2.45) is 0 Å². The normalized spacial score (nSPS) is 11.7. The van der Waals surface area contributed by atoms with E-state index in [9.17, 15) is 9.65 Å². The van der Waals surface area contributed by atoms with Crippen LogP contribution >= 0.6 is 11.6 Å². The van der Waals surface area contributed by atoms with Crippen LogP contribution in [0.3, 0.4) is 0 Å². The highest BCUT2D eigenvalue weighted by atomic mass is 35.5. The van der Waals surface area contributed by atoms with Crippen molar-refractivity contribution in [1.29, 1.82) is 5.26 Å². The van der Waals surface area contributed by atoms with E-state index in [0.717, 1.165) is 12.0 Å². The van der Waals surface area contributed by atoms with Crippen molar-refractivity contribution >= 4 is 11.6 Å². The number of ether oxygens (including phenoxy) is 1. The summed E-state index contributed by atoms with van der Waals surface area (Å²) in [7, 11) is 0. The highest BCUT2D eigenvalue weighted by Crippen LogP contribution is 2.24. The summed E-state index contributed by atoms with van der Waals surface area (Å²) in [6, 6.07) is 15.6. The van der Waals surface area contributed by atoms with Crippen LogP contribution in [-0.2, 0) is 0 Å². The van der Waals surface area contributed by atoms with E-state index >= 15 is 0 Å². The molecule has 0 radical (unpaired) electrons. The van der Waals surface area contributed by atoms with Gasteiger partial charge in [-0.15, -0.1) is 0 Å². The lowest BCUT2D eigenvalue weighted by Crippen LogP contribution is -2.02. The third-order valence-corrected chi connectivity index (χ3v) is 3.47. The summed E-state index contributed by atoms with van der Waals surface area (Å²) in [5.41, 5.74) is 0.830. The first-order chi connectivity index (χ1) is 10.2. The van der Waals surface area contributed by atoms with Gasteiger partial charge in [0.1, 0.15) is 11.6 Å². The number of nitriles is 1. The summed E-state index contributed by atoms with van der Waals surface area (Å²) in [6.07, 6.45) is 1.38. The molecule has 2 rings (SSSR count). The maximum absolute atomic E-state index is 12.9. The zero-order valence-electron chi connectivity index (χ0n) is 11.4. The zero-order chi connectivity index (χ0) is 15.1. The first-order valence-electron chi connectivity index (χ1n) is 6.73. The molecule has 2 aromatic carbocycles. The minimum absolute atomic E-state index is 0.250. The van der Waals surface area contributed by atoms with Crippen LogP contribution in [0.5, 0.6) is 5.75 Å². The van der Waals surface area contributed by atoms with Crippen molar-refractivity contribution in [2.45, 2.75) is 18.8 Å². The smallest absolute Gasteiger partial charge is 0.137 e. The van der Waals surface area contributed by atoms with Gasteiger partial charge in [-0.2, -0.15) is 5.26 Å². The van der Waals surface area contributed by atoms with E-state index in [1.54, 1.807) is 18.2 Å². The Morgan fingerprint density at radius 2 is 1.86 bits per heavy atom. The Hall–Kier alpha value is -2.05. The van der Waals surface area contributed by atoms with Crippen LogP contribution in [0.15, 0.2) is 48.5 Å². The first kappa shape index (κ1) is 15.3. The maximum Gasteiger partial charge on any atom is 0.137 e. The molecule has 0 saturated heterocycles. The third-order valence-electron chi connectivity index (χ3n) is 3.16. The van der Waals surface area contributed by atoms with Gasteiger partial charge in [-0.05, 0) is 42.7 Å². The van der Waals surface area contributed by atoms with Gasteiger partial charge in [-0.1, -0.05) is 35.9 Å². The van der Waals surface area contributed by atoms with Crippen molar-refractivity contribution < 1.29 is 9.13 Å². The van der Waals surface area contributed by atoms with E-state index in [-0.39, 0.29) is 11.7 Å². The van der Waals surface area contributed by atoms with Crippen molar-refractivity contribution in [3.63, 3.8) is 0 Å². The number of nitrogens with zero attached hydrogens (tertiary/aromatic N) is 1. The Labute approximate surface area is 128 Å². The monoisotopic (exact) mass is 303 g/mol. The lowest BCUT2D eigenvalue weighted by molar-refractivity contribution is 0.305. The molecule has 0 amide bonds. The van der Waals surface area contributed by atoms with E-state index in [1.165, 1.54) is 12.1 Å². The Morgan fingerprint density at radius 1 is 1.14 bits per heavy atom. The summed E-state index contributed by atoms with van der Waals surface area (Å²) in [5, 5.41) is 9.78. The summed E-state index contributed by atoms with van der Waals surface area (Å²) < 4.78 is 18.5. The Balaban J connectivity index is 1.83. The summed E-state index contributed by atoms with van der Waals surface area (Å²) in [4.78, 5) is 0. The van der Waals surface area contributed by atoms with E-state index in [4.69, 9.17) is 16.3 Å². The van der Waals surface area contributed by atoms with Gasteiger partial charge in [-0.25, -0.2) is 4.39 Å². The van der Waals surface area contributed by atoms with Crippen LogP contribution in [0.25, 0.3) is 0 Å². The molecule has 2 nitrogen and oxygen atoms in total. The van der Waals surface area contributed by atoms with Crippen molar-refractivity contribution in [3.05, 3.63) is 64.9 Å². The van der Waals surface area contributed by atoms with Crippen LogP contribution in [0.4, 0.5) is 4.39 Å². The fourth-order valence-corrected chi connectivity index (χ4v) is 2.22. The molecule has 0 heterocycles. The number of halogens is 2. The van der Waals surface area contributed by atoms with Crippen LogP contribution in [0.1, 0.15) is 24.3 Å². The second kappa shape index (κ2) is 7.66. The van der Waals surface area contributed by atoms with E-state index in [0.29, 0.717) is 23.8 Å². The molecule has 0 aliphatic carbocycles. The average molecular weight is 304 g/mol. The molecule has 0 N–H and O–H groups in total. The lowest BCUT2D eigenvalue weighted by Gasteiger charge is -2.11. The molecule has 1 unspecified atom stereocenters. The van der Waals surface area contributed by atoms with Crippen LogP contribution in [0.2, 0.25) is 5.02 Å². The van der Waals surface area contributed by atoms with E-state index in [1.807, 2.05) is 18.2 Å². The Morgan fingerprint density at radius 3 is 2.52 bits per heavy atom. The summed E-state index contributed by atoms with van der Waals surface area (Å²) in [6.45, 7) is 0.489. The minimum atomic E-state index is -0.294. The second-order valence-corrected chi connectivity index (χ2v) is 5.06. The summed E-state index contributed by atoms with van der Waals surface area (Å²) >= 11 is 5.99. The Kier molecular flexibility index (Phi) is 5.59. The molecule has 2 aromatic rings. The minimum Gasteiger partial charge on any atom is -0.492 e.